The van der Waals surface area contributed by atoms with Gasteiger partial charge >= 0.3 is 0 Å². The van der Waals surface area contributed by atoms with Crippen LogP contribution < -0.4 is 10.6 Å². The lowest BCUT2D eigenvalue weighted by molar-refractivity contribution is -0.128. The molecule has 1 fully saturated rings. The summed E-state index contributed by atoms with van der Waals surface area (Å²) in [5.41, 5.74) is 1.000. The highest BCUT2D eigenvalue weighted by Crippen LogP contribution is 2.17. The number of nitrogens with zero attached hydrogens (tertiary/aromatic N) is 3. The fourth-order valence-electron chi connectivity index (χ4n) is 2.88. The van der Waals surface area contributed by atoms with Gasteiger partial charge in [-0.2, -0.15) is 0 Å². The van der Waals surface area contributed by atoms with E-state index in [1.807, 2.05) is 25.2 Å². The van der Waals surface area contributed by atoms with Gasteiger partial charge in [-0.05, 0) is 25.0 Å². The van der Waals surface area contributed by atoms with E-state index in [1.54, 1.807) is 18.1 Å². The summed E-state index contributed by atoms with van der Waals surface area (Å²) in [6, 6.07) is 6.31. The number of pyridine rings is 1. The average Bonchev–Trinajstić information content (AvgIpc) is 2.64. The molecule has 24 heavy (non-hydrogen) atoms. The Hall–Kier alpha value is -2.11. The van der Waals surface area contributed by atoms with Crippen molar-refractivity contribution in [2.24, 2.45) is 4.99 Å². The van der Waals surface area contributed by atoms with Gasteiger partial charge < -0.3 is 15.5 Å². The molecule has 1 aliphatic carbocycles. The van der Waals surface area contributed by atoms with Gasteiger partial charge in [0.15, 0.2) is 5.96 Å². The third-order valence-corrected chi connectivity index (χ3v) is 4.43. The lowest BCUT2D eigenvalue weighted by Crippen LogP contribution is -2.47. The molecule has 0 saturated heterocycles. The van der Waals surface area contributed by atoms with Gasteiger partial charge in [0.2, 0.25) is 5.91 Å². The third kappa shape index (κ3) is 6.18. The molecule has 1 saturated carbocycles. The zero-order valence-electron chi connectivity index (χ0n) is 14.8. The number of hydrogen-bond acceptors (Lipinski definition) is 3. The predicted octanol–water partition coefficient (Wildman–Crippen LogP) is 1.58. The molecule has 0 aliphatic heterocycles. The Kier molecular flexibility index (Phi) is 7.52. The van der Waals surface area contributed by atoms with Crippen LogP contribution in [0.4, 0.5) is 0 Å². The van der Waals surface area contributed by atoms with Gasteiger partial charge in [0, 0.05) is 45.0 Å². The number of guanidine groups is 1. The van der Waals surface area contributed by atoms with Crippen LogP contribution in [0.15, 0.2) is 29.4 Å². The molecular formula is C18H29N5O. The Bertz CT molecular complexity index is 525. The second-order valence-corrected chi connectivity index (χ2v) is 6.29. The van der Waals surface area contributed by atoms with E-state index in [0.717, 1.165) is 12.1 Å². The zero-order valence-corrected chi connectivity index (χ0v) is 14.8. The van der Waals surface area contributed by atoms with Crippen molar-refractivity contribution in [2.45, 2.75) is 44.6 Å². The summed E-state index contributed by atoms with van der Waals surface area (Å²) in [6.45, 7) is 0.914. The maximum absolute atomic E-state index is 12.2. The number of nitrogens with one attached hydrogen (secondary N) is 2. The molecule has 0 bridgehead atoms. The summed E-state index contributed by atoms with van der Waals surface area (Å²) in [7, 11) is 3.57. The van der Waals surface area contributed by atoms with Crippen LogP contribution in [-0.2, 0) is 11.2 Å². The van der Waals surface area contributed by atoms with E-state index in [1.165, 1.54) is 32.1 Å². The van der Waals surface area contributed by atoms with Crippen LogP contribution in [0.3, 0.4) is 0 Å². The zero-order chi connectivity index (χ0) is 17.2. The van der Waals surface area contributed by atoms with Crippen molar-refractivity contribution >= 4 is 11.9 Å². The summed E-state index contributed by atoms with van der Waals surface area (Å²) < 4.78 is 0. The maximum atomic E-state index is 12.2. The van der Waals surface area contributed by atoms with Crippen molar-refractivity contribution in [3.8, 4) is 0 Å². The number of rotatable bonds is 6. The van der Waals surface area contributed by atoms with Crippen molar-refractivity contribution in [2.75, 3.05) is 27.2 Å². The van der Waals surface area contributed by atoms with Gasteiger partial charge in [-0.3, -0.25) is 14.8 Å². The largest absolute Gasteiger partial charge is 0.354 e. The molecular weight excluding hydrogens is 302 g/mol. The molecule has 6 nitrogen and oxygen atoms in total. The Morgan fingerprint density at radius 3 is 2.79 bits per heavy atom. The number of carbonyl (C=O) groups excluding carboxylic acids is 1. The van der Waals surface area contributed by atoms with Crippen LogP contribution in [0, 0.1) is 0 Å². The Morgan fingerprint density at radius 1 is 1.33 bits per heavy atom. The molecule has 0 radical (unpaired) electrons. The highest BCUT2D eigenvalue weighted by atomic mass is 16.2. The molecule has 1 aliphatic rings. The van der Waals surface area contributed by atoms with Crippen molar-refractivity contribution in [3.05, 3.63) is 30.1 Å². The standard InChI is InChI=1S/C18H29N5O/c1-19-18(22-16-9-4-3-5-10-16)21-14-17(24)23(2)13-11-15-8-6-7-12-20-15/h6-8,12,16H,3-5,9-11,13-14H2,1-2H3,(H2,19,21,22). The van der Waals surface area contributed by atoms with E-state index in [0.29, 0.717) is 18.5 Å². The van der Waals surface area contributed by atoms with Crippen LogP contribution in [0.2, 0.25) is 0 Å². The summed E-state index contributed by atoms with van der Waals surface area (Å²) in [6.07, 6.45) is 8.76. The van der Waals surface area contributed by atoms with Crippen molar-refractivity contribution in [1.29, 1.82) is 0 Å². The molecule has 0 unspecified atom stereocenters. The number of amides is 1. The Balaban J connectivity index is 1.70. The van der Waals surface area contributed by atoms with Gasteiger partial charge in [0.1, 0.15) is 0 Å². The SMILES string of the molecule is CN=C(NCC(=O)N(C)CCc1ccccn1)NC1CCCCC1. The van der Waals surface area contributed by atoms with Crippen molar-refractivity contribution < 1.29 is 4.79 Å². The minimum atomic E-state index is 0.0533. The molecule has 2 N–H and O–H groups in total. The second-order valence-electron chi connectivity index (χ2n) is 6.29. The summed E-state index contributed by atoms with van der Waals surface area (Å²) in [5, 5.41) is 6.54. The van der Waals surface area contributed by atoms with Gasteiger partial charge in [0.05, 0.1) is 6.54 Å². The Labute approximate surface area is 144 Å². The molecule has 0 atom stereocenters. The normalized spacial score (nSPS) is 15.8. The fourth-order valence-corrected chi connectivity index (χ4v) is 2.88. The van der Waals surface area contributed by atoms with Crippen LogP contribution in [0.5, 0.6) is 0 Å². The molecule has 1 amide bonds. The molecule has 0 spiro atoms. The van der Waals surface area contributed by atoms with Crippen LogP contribution in [0.1, 0.15) is 37.8 Å². The Morgan fingerprint density at radius 2 is 2.12 bits per heavy atom. The molecule has 1 aromatic heterocycles. The molecule has 1 heterocycles. The van der Waals surface area contributed by atoms with Crippen LogP contribution in [-0.4, -0.2) is 55.0 Å². The molecule has 132 valence electrons. The quantitative estimate of drug-likeness (QED) is 0.613. The molecule has 2 rings (SSSR count). The number of aromatic nitrogens is 1. The van der Waals surface area contributed by atoms with Crippen LogP contribution >= 0.6 is 0 Å². The third-order valence-electron chi connectivity index (χ3n) is 4.43. The minimum Gasteiger partial charge on any atom is -0.354 e. The van der Waals surface area contributed by atoms with E-state index in [-0.39, 0.29) is 12.5 Å². The van der Waals surface area contributed by atoms with E-state index in [4.69, 9.17) is 0 Å². The van der Waals surface area contributed by atoms with Crippen molar-refractivity contribution in [1.82, 2.24) is 20.5 Å². The highest BCUT2D eigenvalue weighted by Gasteiger charge is 2.15. The summed E-state index contributed by atoms with van der Waals surface area (Å²) in [5.74, 6) is 0.769. The average molecular weight is 331 g/mol. The van der Waals surface area contributed by atoms with Crippen molar-refractivity contribution in [3.63, 3.8) is 0 Å². The maximum Gasteiger partial charge on any atom is 0.241 e. The van der Waals surface area contributed by atoms with Gasteiger partial charge in [-0.15, -0.1) is 0 Å². The number of aliphatic imine (C=N–C) groups is 1. The van der Waals surface area contributed by atoms with Gasteiger partial charge in [0.25, 0.3) is 0 Å². The lowest BCUT2D eigenvalue weighted by atomic mass is 9.96. The first-order valence-corrected chi connectivity index (χ1v) is 8.80. The minimum absolute atomic E-state index is 0.0533. The van der Waals surface area contributed by atoms with E-state index < -0.39 is 0 Å². The summed E-state index contributed by atoms with van der Waals surface area (Å²) in [4.78, 5) is 22.5. The lowest BCUT2D eigenvalue weighted by Gasteiger charge is -2.25. The fraction of sp³-hybridized carbons (Fsp3) is 0.611. The molecule has 6 heteroatoms. The van der Waals surface area contributed by atoms with Crippen LogP contribution in [0.25, 0.3) is 0 Å². The second kappa shape index (κ2) is 9.90. The first-order chi connectivity index (χ1) is 11.7. The number of hydrogen-bond donors (Lipinski definition) is 2. The van der Waals surface area contributed by atoms with Gasteiger partial charge in [-0.25, -0.2) is 0 Å². The summed E-state index contributed by atoms with van der Waals surface area (Å²) >= 11 is 0. The van der Waals surface area contributed by atoms with E-state index in [2.05, 4.69) is 20.6 Å². The number of carbonyl (C=O) groups is 1. The molecule has 0 aromatic carbocycles. The predicted molar refractivity (Wildman–Crippen MR) is 96.9 cm³/mol. The molecule has 1 aromatic rings. The smallest absolute Gasteiger partial charge is 0.241 e. The monoisotopic (exact) mass is 331 g/mol. The van der Waals surface area contributed by atoms with Gasteiger partial charge in [-0.1, -0.05) is 25.3 Å². The van der Waals surface area contributed by atoms with E-state index in [9.17, 15) is 4.79 Å². The van der Waals surface area contributed by atoms with E-state index >= 15 is 0 Å². The number of likely N-dealkylation sites (N-methyl/N-ethyl adjacent to an activating group) is 1. The topological polar surface area (TPSA) is 69.6 Å². The first-order valence-electron chi connectivity index (χ1n) is 8.80. The highest BCUT2D eigenvalue weighted by molar-refractivity contribution is 5.86. The first kappa shape index (κ1) is 18.2.